The minimum Gasteiger partial charge on any atom is -0.346 e. The van der Waals surface area contributed by atoms with Crippen molar-refractivity contribution in [3.63, 3.8) is 0 Å². The van der Waals surface area contributed by atoms with Crippen LogP contribution in [0.1, 0.15) is 38.1 Å². The maximum Gasteiger partial charge on any atom is 0.141 e. The number of hydrogen-bond donors (Lipinski definition) is 1. The van der Waals surface area contributed by atoms with E-state index in [-0.39, 0.29) is 18.4 Å². The lowest BCUT2D eigenvalue weighted by molar-refractivity contribution is 0.315. The Morgan fingerprint density at radius 1 is 1.33 bits per heavy atom. The van der Waals surface area contributed by atoms with E-state index >= 15 is 0 Å². The third kappa shape index (κ3) is 2.87. The highest BCUT2D eigenvalue weighted by Crippen LogP contribution is 2.36. The van der Waals surface area contributed by atoms with Crippen molar-refractivity contribution < 1.29 is 0 Å². The van der Waals surface area contributed by atoms with Gasteiger partial charge in [0.05, 0.1) is 30.4 Å². The van der Waals surface area contributed by atoms with E-state index in [2.05, 4.69) is 26.1 Å². The van der Waals surface area contributed by atoms with Gasteiger partial charge in [0.2, 0.25) is 0 Å². The van der Waals surface area contributed by atoms with E-state index in [4.69, 9.17) is 0 Å². The van der Waals surface area contributed by atoms with Gasteiger partial charge in [-0.3, -0.25) is 4.68 Å². The Morgan fingerprint density at radius 2 is 2.17 bits per heavy atom. The normalized spacial score (nSPS) is 16.0. The fraction of sp³-hybridized carbons (Fsp3) is 0.412. The number of nitrogens with zero attached hydrogens (tertiary/aromatic N) is 5. The van der Waals surface area contributed by atoms with Gasteiger partial charge in [-0.1, -0.05) is 12.8 Å². The molecule has 1 N–H and O–H groups in total. The van der Waals surface area contributed by atoms with Crippen molar-refractivity contribution in [1.29, 1.82) is 5.26 Å². The molecule has 0 radical (unpaired) electrons. The molecule has 1 fully saturated rings. The van der Waals surface area contributed by atoms with Gasteiger partial charge in [0.15, 0.2) is 0 Å². The van der Waals surface area contributed by atoms with Crippen LogP contribution in [0, 0.1) is 17.2 Å². The molecule has 0 saturated heterocycles. The second-order valence-corrected chi connectivity index (χ2v) is 6.15. The average molecular weight is 343 g/mol. The van der Waals surface area contributed by atoms with Crippen molar-refractivity contribution >= 4 is 23.4 Å². The summed E-state index contributed by atoms with van der Waals surface area (Å²) in [4.78, 5) is 11.7. The standard InChI is InChI=1S/C17H18N6.ClH/c18-7-5-15(12-3-1-2-4-12)23-10-13(9-22-23)16-14-6-8-19-17(14)21-11-20-16;/h6,8-12,15H,1-5H2,(H,19,20,21);1H/t15-;/m0./s1. The molecule has 0 unspecified atom stereocenters. The van der Waals surface area contributed by atoms with Crippen LogP contribution in [-0.4, -0.2) is 24.7 Å². The number of hydrogen-bond acceptors (Lipinski definition) is 4. The van der Waals surface area contributed by atoms with Crippen molar-refractivity contribution in [2.45, 2.75) is 38.1 Å². The lowest BCUT2D eigenvalue weighted by Crippen LogP contribution is -2.17. The summed E-state index contributed by atoms with van der Waals surface area (Å²) in [6.45, 7) is 0. The van der Waals surface area contributed by atoms with E-state index in [0.29, 0.717) is 12.3 Å². The predicted octanol–water partition coefficient (Wildman–Crippen LogP) is 3.89. The second-order valence-electron chi connectivity index (χ2n) is 6.15. The van der Waals surface area contributed by atoms with Gasteiger partial charge in [0, 0.05) is 23.3 Å². The lowest BCUT2D eigenvalue weighted by Gasteiger charge is -2.21. The van der Waals surface area contributed by atoms with Crippen LogP contribution >= 0.6 is 12.4 Å². The Kier molecular flexibility index (Phi) is 4.81. The molecule has 1 aliphatic carbocycles. The van der Waals surface area contributed by atoms with Crippen LogP contribution in [0.25, 0.3) is 22.3 Å². The van der Waals surface area contributed by atoms with Crippen molar-refractivity contribution in [1.82, 2.24) is 24.7 Å². The highest BCUT2D eigenvalue weighted by molar-refractivity contribution is 5.89. The van der Waals surface area contributed by atoms with Gasteiger partial charge >= 0.3 is 0 Å². The zero-order chi connectivity index (χ0) is 15.6. The minimum absolute atomic E-state index is 0. The number of nitriles is 1. The summed E-state index contributed by atoms with van der Waals surface area (Å²) < 4.78 is 1.97. The molecule has 3 heterocycles. The molecule has 3 aromatic rings. The first-order chi connectivity index (χ1) is 11.4. The number of halogens is 1. The molecule has 0 aliphatic heterocycles. The molecule has 4 rings (SSSR count). The molecule has 1 saturated carbocycles. The first-order valence-electron chi connectivity index (χ1n) is 8.06. The Balaban J connectivity index is 0.00000169. The summed E-state index contributed by atoms with van der Waals surface area (Å²) in [5.41, 5.74) is 2.68. The molecule has 0 spiro atoms. The summed E-state index contributed by atoms with van der Waals surface area (Å²) in [7, 11) is 0. The van der Waals surface area contributed by atoms with Gasteiger partial charge < -0.3 is 4.98 Å². The maximum absolute atomic E-state index is 9.18. The first-order valence-corrected chi connectivity index (χ1v) is 8.06. The third-order valence-corrected chi connectivity index (χ3v) is 4.81. The molecule has 1 aliphatic rings. The minimum atomic E-state index is 0. The molecule has 1 atom stereocenters. The molecule has 0 amide bonds. The quantitative estimate of drug-likeness (QED) is 0.779. The van der Waals surface area contributed by atoms with E-state index in [1.807, 2.05) is 29.3 Å². The zero-order valence-electron chi connectivity index (χ0n) is 13.2. The van der Waals surface area contributed by atoms with Crippen LogP contribution in [0.15, 0.2) is 31.0 Å². The molecule has 7 heteroatoms. The maximum atomic E-state index is 9.18. The molecule has 0 bridgehead atoms. The SMILES string of the molecule is Cl.N#CC[C@@H](C1CCCC1)n1cc(-c2ncnc3[nH]ccc23)cn1. The fourth-order valence-electron chi connectivity index (χ4n) is 3.66. The van der Waals surface area contributed by atoms with Crippen LogP contribution in [0.4, 0.5) is 0 Å². The van der Waals surface area contributed by atoms with Gasteiger partial charge in [0.1, 0.15) is 12.0 Å². The van der Waals surface area contributed by atoms with Gasteiger partial charge in [-0.2, -0.15) is 10.4 Å². The summed E-state index contributed by atoms with van der Waals surface area (Å²) >= 11 is 0. The fourth-order valence-corrected chi connectivity index (χ4v) is 3.66. The van der Waals surface area contributed by atoms with Crippen LogP contribution in [0.3, 0.4) is 0 Å². The second kappa shape index (κ2) is 7.02. The number of rotatable bonds is 4. The Labute approximate surface area is 146 Å². The van der Waals surface area contributed by atoms with E-state index in [1.54, 1.807) is 6.33 Å². The number of aromatic amines is 1. The van der Waals surface area contributed by atoms with Crippen molar-refractivity contribution in [2.24, 2.45) is 5.92 Å². The average Bonchev–Trinajstić information content (AvgIpc) is 3.32. The predicted molar refractivity (Wildman–Crippen MR) is 93.6 cm³/mol. The summed E-state index contributed by atoms with van der Waals surface area (Å²) in [6.07, 6.45) is 12.7. The first kappa shape index (κ1) is 16.5. The third-order valence-electron chi connectivity index (χ3n) is 4.81. The van der Waals surface area contributed by atoms with Gasteiger partial charge in [0.25, 0.3) is 0 Å². The smallest absolute Gasteiger partial charge is 0.141 e. The summed E-state index contributed by atoms with van der Waals surface area (Å²) in [5.74, 6) is 0.556. The summed E-state index contributed by atoms with van der Waals surface area (Å²) in [6, 6.07) is 4.47. The van der Waals surface area contributed by atoms with Crippen LogP contribution in [-0.2, 0) is 0 Å². The van der Waals surface area contributed by atoms with E-state index in [1.165, 1.54) is 25.7 Å². The zero-order valence-corrected chi connectivity index (χ0v) is 14.0. The van der Waals surface area contributed by atoms with Gasteiger partial charge in [-0.25, -0.2) is 9.97 Å². The lowest BCUT2D eigenvalue weighted by atomic mass is 9.96. The number of aromatic nitrogens is 5. The molecule has 6 nitrogen and oxygen atoms in total. The topological polar surface area (TPSA) is 83.2 Å². The molecule has 0 aromatic carbocycles. The number of fused-ring (bicyclic) bond motifs is 1. The Morgan fingerprint density at radius 3 is 2.96 bits per heavy atom. The molecule has 124 valence electrons. The van der Waals surface area contributed by atoms with Gasteiger partial charge in [-0.05, 0) is 24.8 Å². The molecule has 24 heavy (non-hydrogen) atoms. The van der Waals surface area contributed by atoms with Gasteiger partial charge in [-0.15, -0.1) is 12.4 Å². The highest BCUT2D eigenvalue weighted by Gasteiger charge is 2.27. The highest BCUT2D eigenvalue weighted by atomic mass is 35.5. The van der Waals surface area contributed by atoms with E-state index in [0.717, 1.165) is 22.3 Å². The Bertz CT molecular complexity index is 855. The largest absolute Gasteiger partial charge is 0.346 e. The molecular formula is C17H19ClN6. The van der Waals surface area contributed by atoms with Crippen LogP contribution in [0.5, 0.6) is 0 Å². The van der Waals surface area contributed by atoms with Crippen molar-refractivity contribution in [3.8, 4) is 17.3 Å². The number of H-pyrrole nitrogens is 1. The van der Waals surface area contributed by atoms with Crippen molar-refractivity contribution in [3.05, 3.63) is 31.0 Å². The van der Waals surface area contributed by atoms with E-state index < -0.39 is 0 Å². The Hall–Kier alpha value is -2.39. The number of nitrogens with one attached hydrogen (secondary N) is 1. The molecular weight excluding hydrogens is 324 g/mol. The van der Waals surface area contributed by atoms with Crippen molar-refractivity contribution in [2.75, 3.05) is 0 Å². The summed E-state index contributed by atoms with van der Waals surface area (Å²) in [5, 5.41) is 14.7. The monoisotopic (exact) mass is 342 g/mol. The molecule has 3 aromatic heterocycles. The van der Waals surface area contributed by atoms with Crippen LogP contribution < -0.4 is 0 Å². The van der Waals surface area contributed by atoms with E-state index in [9.17, 15) is 5.26 Å². The van der Waals surface area contributed by atoms with Crippen LogP contribution in [0.2, 0.25) is 0 Å².